The van der Waals surface area contributed by atoms with E-state index in [1.165, 1.54) is 22.3 Å². The van der Waals surface area contributed by atoms with Crippen molar-refractivity contribution in [2.45, 2.75) is 49.7 Å². The predicted molar refractivity (Wildman–Crippen MR) is 125 cm³/mol. The Morgan fingerprint density at radius 1 is 0.935 bits per heavy atom. The molecule has 31 heavy (non-hydrogen) atoms. The van der Waals surface area contributed by atoms with Crippen LogP contribution in [0.25, 0.3) is 0 Å². The van der Waals surface area contributed by atoms with E-state index in [0.29, 0.717) is 17.2 Å². The number of nitrogens with one attached hydrogen (secondary N) is 1. The van der Waals surface area contributed by atoms with Crippen molar-refractivity contribution in [3.8, 4) is 0 Å². The van der Waals surface area contributed by atoms with E-state index in [-0.39, 0.29) is 12.1 Å². The fourth-order valence-corrected chi connectivity index (χ4v) is 5.75. The molecule has 1 aliphatic carbocycles. The van der Waals surface area contributed by atoms with Crippen LogP contribution in [0, 0.1) is 0 Å². The SMILES string of the molecule is CC(C)c1ccc(CN(C)[C@@H]2c3ccccc3C[C@@H]2NS(=O)(=O)c2ccccc2)cc1. The summed E-state index contributed by atoms with van der Waals surface area (Å²) in [5.74, 6) is 0.505. The lowest BCUT2D eigenvalue weighted by Gasteiger charge is -2.31. The van der Waals surface area contributed by atoms with Crippen LogP contribution in [0.15, 0.2) is 83.8 Å². The number of fused-ring (bicyclic) bond motifs is 1. The van der Waals surface area contributed by atoms with E-state index in [0.717, 1.165) is 6.54 Å². The highest BCUT2D eigenvalue weighted by Crippen LogP contribution is 2.36. The van der Waals surface area contributed by atoms with Crippen LogP contribution in [0.5, 0.6) is 0 Å². The fraction of sp³-hybridized carbons (Fsp3) is 0.308. The van der Waals surface area contributed by atoms with Crippen LogP contribution in [-0.2, 0) is 23.0 Å². The first-order valence-electron chi connectivity index (χ1n) is 10.8. The van der Waals surface area contributed by atoms with Crippen LogP contribution < -0.4 is 4.72 Å². The van der Waals surface area contributed by atoms with E-state index in [9.17, 15) is 8.42 Å². The summed E-state index contributed by atoms with van der Waals surface area (Å²) in [7, 11) is -1.52. The van der Waals surface area contributed by atoms with E-state index in [1.807, 2.05) is 18.2 Å². The van der Waals surface area contributed by atoms with Crippen molar-refractivity contribution in [2.24, 2.45) is 0 Å². The number of hydrogen-bond acceptors (Lipinski definition) is 3. The Hall–Kier alpha value is -2.47. The Morgan fingerprint density at radius 3 is 2.26 bits per heavy atom. The molecule has 0 heterocycles. The first-order chi connectivity index (χ1) is 14.8. The maximum Gasteiger partial charge on any atom is 0.240 e. The average Bonchev–Trinajstić information content (AvgIpc) is 3.12. The maximum absolute atomic E-state index is 13.0. The maximum atomic E-state index is 13.0. The Bertz CT molecular complexity index is 1130. The van der Waals surface area contributed by atoms with Gasteiger partial charge < -0.3 is 0 Å². The zero-order chi connectivity index (χ0) is 22.0. The first-order valence-corrected chi connectivity index (χ1v) is 12.3. The molecular weight excluding hydrogens is 404 g/mol. The highest BCUT2D eigenvalue weighted by molar-refractivity contribution is 7.89. The van der Waals surface area contributed by atoms with Crippen LogP contribution in [0.4, 0.5) is 0 Å². The van der Waals surface area contributed by atoms with Gasteiger partial charge in [-0.25, -0.2) is 13.1 Å². The number of benzene rings is 3. The van der Waals surface area contributed by atoms with E-state index in [4.69, 9.17) is 0 Å². The Balaban J connectivity index is 1.59. The minimum absolute atomic E-state index is 0.0283. The summed E-state index contributed by atoms with van der Waals surface area (Å²) in [6.45, 7) is 5.14. The molecule has 0 spiro atoms. The molecule has 0 aliphatic heterocycles. The van der Waals surface area contributed by atoms with Crippen molar-refractivity contribution < 1.29 is 8.42 Å². The quantitative estimate of drug-likeness (QED) is 0.576. The Kier molecular flexibility index (Phi) is 6.28. The Morgan fingerprint density at radius 2 is 1.58 bits per heavy atom. The summed E-state index contributed by atoms with van der Waals surface area (Å²) >= 11 is 0. The summed E-state index contributed by atoms with van der Waals surface area (Å²) in [5.41, 5.74) is 4.95. The summed E-state index contributed by atoms with van der Waals surface area (Å²) in [6.07, 6.45) is 0.684. The molecule has 0 saturated carbocycles. The molecule has 4 rings (SSSR count). The third-order valence-electron chi connectivity index (χ3n) is 6.11. The monoisotopic (exact) mass is 434 g/mol. The summed E-state index contributed by atoms with van der Waals surface area (Å²) < 4.78 is 29.1. The van der Waals surface area contributed by atoms with Gasteiger partial charge in [-0.3, -0.25) is 4.90 Å². The zero-order valence-corrected chi connectivity index (χ0v) is 19.1. The molecule has 0 unspecified atom stereocenters. The highest BCUT2D eigenvalue weighted by Gasteiger charge is 2.37. The molecule has 0 amide bonds. The van der Waals surface area contributed by atoms with Gasteiger partial charge in [0, 0.05) is 12.6 Å². The van der Waals surface area contributed by atoms with Gasteiger partial charge in [0.15, 0.2) is 0 Å². The van der Waals surface area contributed by atoms with Crippen LogP contribution in [-0.4, -0.2) is 26.4 Å². The van der Waals surface area contributed by atoms with Crippen molar-refractivity contribution in [2.75, 3.05) is 7.05 Å². The Labute approximate surface area is 186 Å². The van der Waals surface area contributed by atoms with Gasteiger partial charge in [0.25, 0.3) is 0 Å². The van der Waals surface area contributed by atoms with Crippen molar-refractivity contribution in [3.63, 3.8) is 0 Å². The molecule has 3 aromatic carbocycles. The van der Waals surface area contributed by atoms with Gasteiger partial charge in [-0.05, 0) is 53.8 Å². The van der Waals surface area contributed by atoms with E-state index >= 15 is 0 Å². The van der Waals surface area contributed by atoms with Crippen LogP contribution in [0.3, 0.4) is 0 Å². The van der Waals surface area contributed by atoms with Gasteiger partial charge in [-0.1, -0.05) is 80.6 Å². The number of hydrogen-bond donors (Lipinski definition) is 1. The predicted octanol–water partition coefficient (Wildman–Crippen LogP) is 4.89. The van der Waals surface area contributed by atoms with Crippen LogP contribution in [0.2, 0.25) is 0 Å². The first kappa shape index (κ1) is 21.8. The minimum Gasteiger partial charge on any atom is -0.293 e. The summed E-state index contributed by atoms with van der Waals surface area (Å²) in [4.78, 5) is 2.56. The second-order valence-electron chi connectivity index (χ2n) is 8.70. The number of nitrogens with zero attached hydrogens (tertiary/aromatic N) is 1. The largest absolute Gasteiger partial charge is 0.293 e. The van der Waals surface area contributed by atoms with Gasteiger partial charge in [-0.2, -0.15) is 0 Å². The van der Waals surface area contributed by atoms with E-state index in [1.54, 1.807) is 24.3 Å². The molecule has 0 bridgehead atoms. The average molecular weight is 435 g/mol. The second kappa shape index (κ2) is 8.95. The summed E-state index contributed by atoms with van der Waals surface area (Å²) in [6, 6.07) is 25.4. The molecule has 5 heteroatoms. The molecule has 0 saturated heterocycles. The third-order valence-corrected chi connectivity index (χ3v) is 7.61. The van der Waals surface area contributed by atoms with Gasteiger partial charge in [0.2, 0.25) is 10.0 Å². The lowest BCUT2D eigenvalue weighted by Crippen LogP contribution is -2.43. The molecule has 2 atom stereocenters. The molecule has 0 aromatic heterocycles. The van der Waals surface area contributed by atoms with Crippen molar-refractivity contribution in [1.29, 1.82) is 0 Å². The van der Waals surface area contributed by atoms with Crippen LogP contribution in [0.1, 0.15) is 48.1 Å². The van der Waals surface area contributed by atoms with Gasteiger partial charge in [0.1, 0.15) is 0 Å². The number of likely N-dealkylation sites (N-methyl/N-ethyl adjacent to an activating group) is 1. The lowest BCUT2D eigenvalue weighted by atomic mass is 10.0. The minimum atomic E-state index is -3.59. The van der Waals surface area contributed by atoms with Crippen molar-refractivity contribution in [1.82, 2.24) is 9.62 Å². The highest BCUT2D eigenvalue weighted by atomic mass is 32.2. The lowest BCUT2D eigenvalue weighted by molar-refractivity contribution is 0.209. The van der Waals surface area contributed by atoms with Crippen molar-refractivity contribution >= 4 is 10.0 Å². The number of sulfonamides is 1. The molecule has 0 fully saturated rings. The number of rotatable bonds is 7. The zero-order valence-electron chi connectivity index (χ0n) is 18.3. The van der Waals surface area contributed by atoms with Gasteiger partial charge in [-0.15, -0.1) is 0 Å². The normalized spacial score (nSPS) is 18.5. The van der Waals surface area contributed by atoms with Crippen LogP contribution >= 0.6 is 0 Å². The molecule has 0 radical (unpaired) electrons. The third kappa shape index (κ3) is 4.74. The van der Waals surface area contributed by atoms with E-state index < -0.39 is 10.0 Å². The standard InChI is InChI=1S/C26H30N2O2S/c1-19(2)21-15-13-20(14-16-21)18-28(3)26-24-12-8-7-9-22(24)17-25(26)27-31(29,30)23-10-5-4-6-11-23/h4-16,19,25-27H,17-18H2,1-3H3/t25-,26+/m0/s1. The molecule has 1 aliphatic rings. The molecule has 3 aromatic rings. The fourth-order valence-electron chi connectivity index (χ4n) is 4.49. The van der Waals surface area contributed by atoms with Gasteiger partial charge >= 0.3 is 0 Å². The van der Waals surface area contributed by atoms with E-state index in [2.05, 4.69) is 66.9 Å². The topological polar surface area (TPSA) is 49.4 Å². The molecule has 162 valence electrons. The molecule has 1 N–H and O–H groups in total. The van der Waals surface area contributed by atoms with Gasteiger partial charge in [0.05, 0.1) is 10.9 Å². The van der Waals surface area contributed by atoms with Crippen molar-refractivity contribution in [3.05, 3.63) is 101 Å². The molecule has 4 nitrogen and oxygen atoms in total. The summed E-state index contributed by atoms with van der Waals surface area (Å²) in [5, 5.41) is 0. The smallest absolute Gasteiger partial charge is 0.240 e. The molecular formula is C26H30N2O2S. The second-order valence-corrected chi connectivity index (χ2v) is 10.4.